The van der Waals surface area contributed by atoms with E-state index in [4.69, 9.17) is 4.42 Å². The Bertz CT molecular complexity index is 1180. The van der Waals surface area contributed by atoms with Gasteiger partial charge in [-0.2, -0.15) is 0 Å². The third-order valence-corrected chi connectivity index (χ3v) is 6.08. The van der Waals surface area contributed by atoms with Gasteiger partial charge in [0.25, 0.3) is 5.91 Å². The Morgan fingerprint density at radius 3 is 2.68 bits per heavy atom. The van der Waals surface area contributed by atoms with Gasteiger partial charge in [-0.15, -0.1) is 11.3 Å². The number of benzene rings is 1. The van der Waals surface area contributed by atoms with E-state index in [0.29, 0.717) is 16.5 Å². The second-order valence-corrected chi connectivity index (χ2v) is 7.76. The molecule has 0 saturated carbocycles. The van der Waals surface area contributed by atoms with Crippen LogP contribution in [0.15, 0.2) is 41.0 Å². The molecule has 0 radical (unpaired) electrons. The van der Waals surface area contributed by atoms with Crippen LogP contribution in [0, 0.1) is 20.8 Å². The van der Waals surface area contributed by atoms with E-state index >= 15 is 0 Å². The highest BCUT2D eigenvalue weighted by atomic mass is 32.1. The number of carbonyl (C=O) groups excluding carboxylic acids is 1. The van der Waals surface area contributed by atoms with Gasteiger partial charge in [0.2, 0.25) is 0 Å². The Kier molecular flexibility index (Phi) is 4.73. The van der Waals surface area contributed by atoms with Crippen molar-refractivity contribution in [1.82, 2.24) is 9.97 Å². The number of thiophene rings is 1. The second-order valence-electron chi connectivity index (χ2n) is 6.76. The average Bonchev–Trinajstić information content (AvgIpc) is 3.31. The summed E-state index contributed by atoms with van der Waals surface area (Å²) < 4.78 is 5.43. The molecule has 5 nitrogen and oxygen atoms in total. The van der Waals surface area contributed by atoms with Crippen LogP contribution in [0.1, 0.15) is 39.0 Å². The Morgan fingerprint density at radius 1 is 1.14 bits per heavy atom. The summed E-state index contributed by atoms with van der Waals surface area (Å²) in [6, 6.07) is 9.72. The van der Waals surface area contributed by atoms with E-state index in [1.165, 1.54) is 11.3 Å². The summed E-state index contributed by atoms with van der Waals surface area (Å²) in [6.45, 7) is 7.99. The number of amides is 1. The zero-order valence-electron chi connectivity index (χ0n) is 16.3. The van der Waals surface area contributed by atoms with Gasteiger partial charge in [0.15, 0.2) is 11.6 Å². The molecule has 1 amide bonds. The van der Waals surface area contributed by atoms with Gasteiger partial charge in [-0.05, 0) is 56.0 Å². The van der Waals surface area contributed by atoms with Crippen molar-refractivity contribution in [2.24, 2.45) is 0 Å². The number of aromatic nitrogens is 2. The fourth-order valence-corrected chi connectivity index (χ4v) is 4.57. The molecule has 1 aromatic carbocycles. The predicted molar refractivity (Wildman–Crippen MR) is 113 cm³/mol. The molecule has 0 bridgehead atoms. The first-order valence-corrected chi connectivity index (χ1v) is 10.0. The zero-order valence-corrected chi connectivity index (χ0v) is 17.1. The van der Waals surface area contributed by atoms with Crippen LogP contribution in [0.2, 0.25) is 0 Å². The van der Waals surface area contributed by atoms with Gasteiger partial charge in [0, 0.05) is 11.1 Å². The lowest BCUT2D eigenvalue weighted by Crippen LogP contribution is -2.14. The number of nitrogens with one attached hydrogen (secondary N) is 1. The fraction of sp³-hybridized carbons (Fsp3) is 0.227. The summed E-state index contributed by atoms with van der Waals surface area (Å²) in [4.78, 5) is 23.7. The summed E-state index contributed by atoms with van der Waals surface area (Å²) in [6.07, 6.45) is 2.46. The van der Waals surface area contributed by atoms with Crippen molar-refractivity contribution < 1.29 is 9.21 Å². The minimum absolute atomic E-state index is 0.108. The molecule has 4 rings (SSSR count). The number of carbonyl (C=O) groups is 1. The molecule has 6 heteroatoms. The molecule has 142 valence electrons. The van der Waals surface area contributed by atoms with Crippen molar-refractivity contribution >= 4 is 33.1 Å². The number of hydrogen-bond acceptors (Lipinski definition) is 5. The summed E-state index contributed by atoms with van der Waals surface area (Å²) in [5.74, 6) is 1.05. The maximum absolute atomic E-state index is 13.1. The smallest absolute Gasteiger partial charge is 0.266 e. The molecule has 0 saturated heterocycles. The highest BCUT2D eigenvalue weighted by Gasteiger charge is 2.21. The summed E-state index contributed by atoms with van der Waals surface area (Å²) in [5, 5.41) is 4.05. The van der Waals surface area contributed by atoms with Gasteiger partial charge in [0.05, 0.1) is 16.8 Å². The van der Waals surface area contributed by atoms with E-state index < -0.39 is 0 Å². The van der Waals surface area contributed by atoms with E-state index in [1.807, 2.05) is 51.1 Å². The van der Waals surface area contributed by atoms with E-state index in [-0.39, 0.29) is 5.91 Å². The van der Waals surface area contributed by atoms with Crippen molar-refractivity contribution in [3.8, 4) is 11.6 Å². The van der Waals surface area contributed by atoms with E-state index in [9.17, 15) is 4.79 Å². The van der Waals surface area contributed by atoms with Gasteiger partial charge >= 0.3 is 0 Å². The highest BCUT2D eigenvalue weighted by molar-refractivity contribution is 7.20. The minimum Gasteiger partial charge on any atom is -0.461 e. The third kappa shape index (κ3) is 3.10. The van der Waals surface area contributed by atoms with E-state index in [1.54, 1.807) is 6.26 Å². The van der Waals surface area contributed by atoms with Crippen LogP contribution in [0.3, 0.4) is 0 Å². The van der Waals surface area contributed by atoms with Crippen LogP contribution < -0.4 is 5.32 Å². The Balaban J connectivity index is 1.76. The molecule has 0 aliphatic heterocycles. The van der Waals surface area contributed by atoms with Gasteiger partial charge in [0.1, 0.15) is 4.83 Å². The minimum atomic E-state index is -0.108. The van der Waals surface area contributed by atoms with Crippen LogP contribution >= 0.6 is 11.3 Å². The standard InChI is InChI=1S/C22H21N3O2S/c1-5-15-9-6-8-12(2)18(15)24-21(26)19-13(3)17-14(4)23-20(25-22(17)28-19)16-10-7-11-27-16/h6-11H,5H2,1-4H3,(H,24,26). The topological polar surface area (TPSA) is 68.0 Å². The zero-order chi connectivity index (χ0) is 19.8. The fourth-order valence-electron chi connectivity index (χ4n) is 3.44. The lowest BCUT2D eigenvalue weighted by atomic mass is 10.1. The molecule has 4 aromatic rings. The number of para-hydroxylation sites is 1. The summed E-state index contributed by atoms with van der Waals surface area (Å²) in [5.41, 5.74) is 4.83. The lowest BCUT2D eigenvalue weighted by molar-refractivity contribution is 0.103. The van der Waals surface area contributed by atoms with Crippen LogP contribution in [0.4, 0.5) is 5.69 Å². The molecule has 3 heterocycles. The molecule has 0 unspecified atom stereocenters. The Morgan fingerprint density at radius 2 is 1.96 bits per heavy atom. The van der Waals surface area contributed by atoms with Crippen molar-refractivity contribution in [2.45, 2.75) is 34.1 Å². The molecule has 0 aliphatic rings. The SMILES string of the molecule is CCc1cccc(C)c1NC(=O)c1sc2nc(-c3ccco3)nc(C)c2c1C. The Hall–Kier alpha value is -2.99. The molecule has 0 spiro atoms. The first-order valence-electron chi connectivity index (χ1n) is 9.21. The number of rotatable bonds is 4. The Labute approximate surface area is 167 Å². The van der Waals surface area contributed by atoms with Crippen molar-refractivity contribution in [2.75, 3.05) is 5.32 Å². The molecule has 1 N–H and O–H groups in total. The first kappa shape index (κ1) is 18.4. The summed E-state index contributed by atoms with van der Waals surface area (Å²) >= 11 is 1.39. The number of nitrogens with zero attached hydrogens (tertiary/aromatic N) is 2. The first-order chi connectivity index (χ1) is 13.5. The highest BCUT2D eigenvalue weighted by Crippen LogP contribution is 2.34. The van der Waals surface area contributed by atoms with E-state index in [2.05, 4.69) is 22.2 Å². The number of aryl methyl sites for hydroxylation is 4. The predicted octanol–water partition coefficient (Wildman–Crippen LogP) is 5.69. The molecule has 28 heavy (non-hydrogen) atoms. The monoisotopic (exact) mass is 391 g/mol. The molecule has 0 aliphatic carbocycles. The quantitative estimate of drug-likeness (QED) is 0.485. The largest absolute Gasteiger partial charge is 0.461 e. The van der Waals surface area contributed by atoms with Crippen LogP contribution in [0.5, 0.6) is 0 Å². The molecular weight excluding hydrogens is 370 g/mol. The van der Waals surface area contributed by atoms with Gasteiger partial charge in [-0.3, -0.25) is 4.79 Å². The summed E-state index contributed by atoms with van der Waals surface area (Å²) in [7, 11) is 0. The van der Waals surface area contributed by atoms with Gasteiger partial charge in [-0.1, -0.05) is 25.1 Å². The van der Waals surface area contributed by atoms with Crippen LogP contribution in [-0.2, 0) is 6.42 Å². The molecule has 0 fully saturated rings. The van der Waals surface area contributed by atoms with E-state index in [0.717, 1.165) is 44.7 Å². The van der Waals surface area contributed by atoms with Gasteiger partial charge < -0.3 is 9.73 Å². The van der Waals surface area contributed by atoms with Crippen LogP contribution in [0.25, 0.3) is 21.8 Å². The van der Waals surface area contributed by atoms with Crippen molar-refractivity contribution in [3.05, 3.63) is 63.9 Å². The number of furan rings is 1. The van der Waals surface area contributed by atoms with Crippen LogP contribution in [-0.4, -0.2) is 15.9 Å². The molecule has 0 atom stereocenters. The van der Waals surface area contributed by atoms with Crippen molar-refractivity contribution in [3.63, 3.8) is 0 Å². The number of anilines is 1. The average molecular weight is 391 g/mol. The maximum Gasteiger partial charge on any atom is 0.266 e. The number of hydrogen-bond donors (Lipinski definition) is 1. The third-order valence-electron chi connectivity index (χ3n) is 4.90. The lowest BCUT2D eigenvalue weighted by Gasteiger charge is -2.12. The molecular formula is C22H21N3O2S. The normalized spacial score (nSPS) is 11.1. The van der Waals surface area contributed by atoms with Gasteiger partial charge in [-0.25, -0.2) is 9.97 Å². The molecule has 3 aromatic heterocycles. The second kappa shape index (κ2) is 7.20. The maximum atomic E-state index is 13.1. The number of fused-ring (bicyclic) bond motifs is 1. The van der Waals surface area contributed by atoms with Crippen molar-refractivity contribution in [1.29, 1.82) is 0 Å².